The largest absolute Gasteiger partial charge is 0.480 e. The van der Waals surface area contributed by atoms with Gasteiger partial charge < -0.3 is 20.5 Å². The smallest absolute Gasteiger partial charge is 0.407 e. The van der Waals surface area contributed by atoms with Crippen LogP contribution in [0, 0.1) is 0 Å². The molecule has 0 aromatic heterocycles. The molecule has 0 aliphatic heterocycles. The summed E-state index contributed by atoms with van der Waals surface area (Å²) < 4.78 is 5.46. The molecule has 0 heterocycles. The maximum atomic E-state index is 12.5. The molecule has 2 aliphatic rings. The number of carboxylic acids is 1. The third kappa shape index (κ3) is 4.00. The summed E-state index contributed by atoms with van der Waals surface area (Å²) in [4.78, 5) is 36.5. The number of carbonyl (C=O) groups excluding carboxylic acids is 2. The van der Waals surface area contributed by atoms with E-state index in [0.717, 1.165) is 35.1 Å². The lowest BCUT2D eigenvalue weighted by Crippen LogP contribution is -2.57. The predicted molar refractivity (Wildman–Crippen MR) is 115 cm³/mol. The minimum Gasteiger partial charge on any atom is -0.480 e. The zero-order valence-electron chi connectivity index (χ0n) is 17.4. The summed E-state index contributed by atoms with van der Waals surface area (Å²) in [6.07, 6.45) is 1.58. The first-order valence-corrected chi connectivity index (χ1v) is 10.6. The van der Waals surface area contributed by atoms with Crippen molar-refractivity contribution < 1.29 is 24.2 Å². The highest BCUT2D eigenvalue weighted by molar-refractivity contribution is 5.91. The maximum Gasteiger partial charge on any atom is 0.407 e. The van der Waals surface area contributed by atoms with Crippen molar-refractivity contribution in [3.05, 3.63) is 59.7 Å². The summed E-state index contributed by atoms with van der Waals surface area (Å²) in [6, 6.07) is 15.2. The number of carbonyl (C=O) groups is 3. The molecule has 0 bridgehead atoms. The van der Waals surface area contributed by atoms with Crippen LogP contribution in [0.25, 0.3) is 11.1 Å². The van der Waals surface area contributed by atoms with Gasteiger partial charge in [-0.25, -0.2) is 9.59 Å². The average molecular weight is 422 g/mol. The molecule has 2 aliphatic carbocycles. The zero-order chi connectivity index (χ0) is 22.0. The van der Waals surface area contributed by atoms with E-state index < -0.39 is 29.6 Å². The third-order valence-electron chi connectivity index (χ3n) is 6.30. The Hall–Kier alpha value is -3.35. The molecule has 162 valence electrons. The minimum absolute atomic E-state index is 0.0731. The minimum atomic E-state index is -1.24. The molecule has 1 atom stereocenters. The van der Waals surface area contributed by atoms with Gasteiger partial charge in [0, 0.05) is 5.92 Å². The van der Waals surface area contributed by atoms with Crippen LogP contribution in [0.3, 0.4) is 0 Å². The molecule has 31 heavy (non-hydrogen) atoms. The molecule has 7 nitrogen and oxygen atoms in total. The van der Waals surface area contributed by atoms with E-state index in [-0.39, 0.29) is 12.5 Å². The highest BCUT2D eigenvalue weighted by Gasteiger charge is 2.43. The van der Waals surface area contributed by atoms with Crippen LogP contribution < -0.4 is 10.6 Å². The normalized spacial score (nSPS) is 17.3. The molecule has 0 spiro atoms. The van der Waals surface area contributed by atoms with E-state index in [1.54, 1.807) is 0 Å². The molecule has 1 saturated carbocycles. The van der Waals surface area contributed by atoms with Gasteiger partial charge in [0.15, 0.2) is 0 Å². The molecular weight excluding hydrogens is 396 g/mol. The van der Waals surface area contributed by atoms with Gasteiger partial charge in [-0.05, 0) is 42.0 Å². The fraction of sp³-hybridized carbons (Fsp3) is 0.375. The fourth-order valence-electron chi connectivity index (χ4n) is 4.60. The molecule has 3 N–H and O–H groups in total. The third-order valence-corrected chi connectivity index (χ3v) is 6.30. The summed E-state index contributed by atoms with van der Waals surface area (Å²) in [7, 11) is 0. The van der Waals surface area contributed by atoms with E-state index in [4.69, 9.17) is 4.74 Å². The molecule has 4 rings (SSSR count). The number of ether oxygens (including phenoxy) is 1. The van der Waals surface area contributed by atoms with Crippen molar-refractivity contribution >= 4 is 18.0 Å². The van der Waals surface area contributed by atoms with Crippen molar-refractivity contribution in [2.24, 2.45) is 0 Å². The highest BCUT2D eigenvalue weighted by atomic mass is 16.5. The van der Waals surface area contributed by atoms with Gasteiger partial charge in [0.05, 0.1) is 0 Å². The quantitative estimate of drug-likeness (QED) is 0.662. The molecule has 0 radical (unpaired) electrons. The Bertz CT molecular complexity index is 967. The Balaban J connectivity index is 1.36. The van der Waals surface area contributed by atoms with E-state index >= 15 is 0 Å². The van der Waals surface area contributed by atoms with Crippen molar-refractivity contribution in [2.75, 3.05) is 6.61 Å². The zero-order valence-corrected chi connectivity index (χ0v) is 17.4. The van der Waals surface area contributed by atoms with E-state index in [9.17, 15) is 19.5 Å². The Kier molecular flexibility index (Phi) is 5.67. The van der Waals surface area contributed by atoms with Gasteiger partial charge in [0.2, 0.25) is 5.91 Å². The van der Waals surface area contributed by atoms with Crippen molar-refractivity contribution in [1.82, 2.24) is 10.6 Å². The highest BCUT2D eigenvalue weighted by Crippen LogP contribution is 2.44. The lowest BCUT2D eigenvalue weighted by Gasteiger charge is -2.27. The summed E-state index contributed by atoms with van der Waals surface area (Å²) in [5.41, 5.74) is 3.23. The van der Waals surface area contributed by atoms with Crippen LogP contribution in [0.15, 0.2) is 48.5 Å². The Morgan fingerprint density at radius 1 is 1.03 bits per heavy atom. The van der Waals surface area contributed by atoms with Gasteiger partial charge in [0.25, 0.3) is 0 Å². The standard InChI is InChI=1S/C24H26N2O5/c1-15(21(27)26-24(22(28)29)12-6-7-13-24)25-23(30)31-14-20-18-10-4-2-8-16(18)17-9-3-5-11-19(17)20/h2-5,8-11,15,20H,6-7,12-14H2,1H3,(H,25,30)(H,26,27)(H,28,29). The van der Waals surface area contributed by atoms with Crippen LogP contribution in [-0.4, -0.2) is 41.3 Å². The van der Waals surface area contributed by atoms with E-state index in [1.807, 2.05) is 36.4 Å². The number of nitrogens with one attached hydrogen (secondary N) is 2. The summed E-state index contributed by atoms with van der Waals surface area (Å²) in [5.74, 6) is -1.64. The number of alkyl carbamates (subject to hydrolysis) is 1. The van der Waals surface area contributed by atoms with E-state index in [0.29, 0.717) is 12.8 Å². The number of hydrogen-bond donors (Lipinski definition) is 3. The van der Waals surface area contributed by atoms with Gasteiger partial charge in [-0.3, -0.25) is 4.79 Å². The summed E-state index contributed by atoms with van der Waals surface area (Å²) in [5, 5.41) is 14.6. The Labute approximate surface area is 180 Å². The molecule has 2 aromatic carbocycles. The van der Waals surface area contributed by atoms with Crippen molar-refractivity contribution in [1.29, 1.82) is 0 Å². The molecule has 1 fully saturated rings. The molecular formula is C24H26N2O5. The number of benzene rings is 2. The van der Waals surface area contributed by atoms with Crippen LogP contribution in [0.2, 0.25) is 0 Å². The molecule has 7 heteroatoms. The first-order valence-electron chi connectivity index (χ1n) is 10.6. The second-order valence-corrected chi connectivity index (χ2v) is 8.28. The predicted octanol–water partition coefficient (Wildman–Crippen LogP) is 3.43. The van der Waals surface area contributed by atoms with E-state index in [2.05, 4.69) is 22.8 Å². The van der Waals surface area contributed by atoms with Gasteiger partial charge in [-0.2, -0.15) is 0 Å². The topological polar surface area (TPSA) is 105 Å². The lowest BCUT2D eigenvalue weighted by molar-refractivity contribution is -0.147. The number of rotatable bonds is 6. The average Bonchev–Trinajstić information content (AvgIpc) is 3.36. The van der Waals surface area contributed by atoms with Gasteiger partial charge in [0.1, 0.15) is 18.2 Å². The number of fused-ring (bicyclic) bond motifs is 3. The SMILES string of the molecule is CC(NC(=O)OCC1c2ccccc2-c2ccccc21)C(=O)NC1(C(=O)O)CCCC1. The van der Waals surface area contributed by atoms with Crippen LogP contribution in [0.5, 0.6) is 0 Å². The Morgan fingerprint density at radius 2 is 1.58 bits per heavy atom. The first kappa shape index (κ1) is 20.9. The van der Waals surface area contributed by atoms with Crippen molar-refractivity contribution in [3.8, 4) is 11.1 Å². The van der Waals surface area contributed by atoms with Crippen LogP contribution >= 0.6 is 0 Å². The van der Waals surface area contributed by atoms with Crippen molar-refractivity contribution in [2.45, 2.75) is 50.1 Å². The van der Waals surface area contributed by atoms with Crippen molar-refractivity contribution in [3.63, 3.8) is 0 Å². The van der Waals surface area contributed by atoms with E-state index in [1.165, 1.54) is 6.92 Å². The summed E-state index contributed by atoms with van der Waals surface area (Å²) in [6.45, 7) is 1.66. The lowest BCUT2D eigenvalue weighted by atomic mass is 9.97. The summed E-state index contributed by atoms with van der Waals surface area (Å²) >= 11 is 0. The number of aliphatic carboxylic acids is 1. The monoisotopic (exact) mass is 422 g/mol. The molecule has 2 amide bonds. The molecule has 2 aromatic rings. The second-order valence-electron chi connectivity index (χ2n) is 8.28. The Morgan fingerprint density at radius 3 is 2.13 bits per heavy atom. The fourth-order valence-corrected chi connectivity index (χ4v) is 4.60. The number of hydrogen-bond acceptors (Lipinski definition) is 4. The number of carboxylic acid groups (broad SMARTS) is 1. The maximum absolute atomic E-state index is 12.5. The second kappa shape index (κ2) is 8.41. The van der Waals surface area contributed by atoms with Gasteiger partial charge in [-0.1, -0.05) is 61.4 Å². The number of amides is 2. The van der Waals surface area contributed by atoms with Crippen LogP contribution in [-0.2, 0) is 14.3 Å². The van der Waals surface area contributed by atoms with Crippen LogP contribution in [0.4, 0.5) is 4.79 Å². The first-order chi connectivity index (χ1) is 14.9. The molecule has 1 unspecified atom stereocenters. The van der Waals surface area contributed by atoms with Crippen LogP contribution in [0.1, 0.15) is 49.7 Å². The molecule has 0 saturated heterocycles. The van der Waals surface area contributed by atoms with Gasteiger partial charge >= 0.3 is 12.1 Å². The van der Waals surface area contributed by atoms with Gasteiger partial charge in [-0.15, -0.1) is 0 Å².